The Morgan fingerprint density at radius 1 is 0.588 bits per heavy atom. The van der Waals surface area contributed by atoms with Crippen LogP contribution in [0.2, 0.25) is 0 Å². The third kappa shape index (κ3) is 20.0. The minimum absolute atomic E-state index is 0.00227. The second-order valence-corrected chi connectivity index (χ2v) is 29.7. The Kier molecular flexibility index (Phi) is 29.5. The number of hydrazone groups is 2. The minimum atomic E-state index is -1.82. The maximum absolute atomic E-state index is 13.7. The average molecular weight is 1390 g/mol. The van der Waals surface area contributed by atoms with Crippen LogP contribution in [0.5, 0.6) is 0 Å². The van der Waals surface area contributed by atoms with Crippen LogP contribution in [-0.4, -0.2) is 260 Å². The van der Waals surface area contributed by atoms with E-state index >= 15 is 0 Å². The van der Waals surface area contributed by atoms with Crippen LogP contribution in [0, 0.1) is 57.2 Å². The number of hydrogen-bond acceptors (Lipinski definition) is 23. The molecule has 6 fully saturated rings. The molecule has 6 saturated heterocycles. The van der Waals surface area contributed by atoms with E-state index in [0.717, 1.165) is 0 Å². The Morgan fingerprint density at radius 2 is 0.948 bits per heavy atom. The van der Waals surface area contributed by atoms with E-state index in [1.165, 1.54) is 20.8 Å². The van der Waals surface area contributed by atoms with Crippen LogP contribution in [0.15, 0.2) is 34.5 Å². The molecule has 0 unspecified atom stereocenters. The molecule has 4 bridgehead atoms. The molecule has 6 rings (SSSR count). The molecule has 28 atom stereocenters. The summed E-state index contributed by atoms with van der Waals surface area (Å²) in [6, 6.07) is -0.559. The van der Waals surface area contributed by atoms with Crippen LogP contribution in [-0.2, 0) is 66.5 Å². The molecule has 97 heavy (non-hydrogen) atoms. The van der Waals surface area contributed by atoms with Gasteiger partial charge in [-0.15, -0.1) is 0 Å². The predicted octanol–water partition coefficient (Wildman–Crippen LogP) is 5.44. The molecule has 0 radical (unpaired) electrons. The van der Waals surface area contributed by atoms with Crippen molar-refractivity contribution in [3.8, 4) is 0 Å². The second kappa shape index (κ2) is 34.4. The first-order valence-electron chi connectivity index (χ1n) is 34.2. The second-order valence-electron chi connectivity index (χ2n) is 29.7. The number of aliphatic hydroxyl groups is 5. The van der Waals surface area contributed by atoms with Crippen LogP contribution < -0.4 is 0 Å². The van der Waals surface area contributed by atoms with Gasteiger partial charge in [-0.05, 0) is 133 Å². The number of ether oxygens (including phenoxy) is 11. The maximum Gasteiger partial charge on any atom is 0.387 e. The van der Waals surface area contributed by atoms with Crippen LogP contribution in [0.4, 0.5) is 0 Å². The largest absolute Gasteiger partial charge is 0.459 e. The quantitative estimate of drug-likeness (QED) is 0.0586. The summed E-state index contributed by atoms with van der Waals surface area (Å²) in [6.07, 6.45) is -12.0. The molecule has 6 heterocycles. The number of hydrogen-bond donors (Lipinski definition) is 7. The summed E-state index contributed by atoms with van der Waals surface area (Å²) in [5.74, 6) is -8.57. The maximum atomic E-state index is 13.7. The summed E-state index contributed by atoms with van der Waals surface area (Å²) in [6.45, 7) is 36.8. The lowest BCUT2D eigenvalue weighted by atomic mass is 9.73. The molecule has 0 saturated carbocycles. The third-order valence-electron chi connectivity index (χ3n) is 20.9. The van der Waals surface area contributed by atoms with E-state index in [1.807, 2.05) is 51.8 Å². The number of nitrogens with zero attached hydrogens (tertiary/aromatic N) is 6. The number of carbonyl (C=O) groups excluding carboxylic acids is 3. The molecule has 6 aliphatic heterocycles. The van der Waals surface area contributed by atoms with Gasteiger partial charge in [0.05, 0.1) is 115 Å². The molecule has 6 aliphatic rings. The van der Waals surface area contributed by atoms with E-state index in [0.29, 0.717) is 24.0 Å². The molecule has 0 aromatic heterocycles. The normalized spacial score (nSPS) is 44.4. The fourth-order valence-electron chi connectivity index (χ4n) is 15.6. The fraction of sp³-hybridized carbons (Fsp3) is 0.868. The summed E-state index contributed by atoms with van der Waals surface area (Å²) >= 11 is 0. The standard InChI is InChI=1S/C35H60N3O12.C33H58N3O11/c1-13-26-35(10,42)31-21(5)27(36-38(43)44)19(3)15-34(9,46-17-18(2)16-45-31)30(22(6)28(40)23(7)32(41)49-26)50-33-29(48-24(8)39)25(37(11)12)14-20(4)47-33;1-12-24-33(9,40)29-20(5)25(34-36(41)42)18(3)14-32(8,44-16-17(2)15-43-29)28(21(6)26(37)22(7)30(39)46-24)47-31-27(38)23(35(10)11)13-19(4)45-31/h19-23,25-26,28-31,33,40,42H,2,13-17H2,1,3-12H3,(H,43,44);18-24,26-29,31,37-38,40H,2,12-16H2,1,3-11H3,(H,41,42)/q2*+1/b36-27+;34-25+/t19-,20-,21+,22+,23-,25+,26-,28+,29-,30-,31-,33+,34-,35-;18-,19-,20+,21+,22-,23+,24-,26+,27-,28-,29-,31+,32-,33-/m11/s1. The molecular formula is C68H118N6O23+2. The number of carbonyl (C=O) groups is 3. The lowest BCUT2D eigenvalue weighted by molar-refractivity contribution is -0.796. The predicted molar refractivity (Wildman–Crippen MR) is 352 cm³/mol. The first-order chi connectivity index (χ1) is 44.9. The van der Waals surface area contributed by atoms with Gasteiger partial charge in [-0.1, -0.05) is 68.5 Å². The van der Waals surface area contributed by atoms with Gasteiger partial charge in [-0.25, -0.2) is 10.4 Å². The first-order valence-corrected chi connectivity index (χ1v) is 34.2. The van der Waals surface area contributed by atoms with Crippen molar-refractivity contribution in [2.24, 2.45) is 57.5 Å². The first kappa shape index (κ1) is 83.1. The van der Waals surface area contributed by atoms with E-state index in [1.54, 1.807) is 83.1 Å². The van der Waals surface area contributed by atoms with E-state index in [-0.39, 0.29) is 87.8 Å². The Morgan fingerprint density at radius 3 is 1.30 bits per heavy atom. The van der Waals surface area contributed by atoms with Crippen molar-refractivity contribution in [1.29, 1.82) is 0 Å². The molecule has 29 nitrogen and oxygen atoms in total. The van der Waals surface area contributed by atoms with Crippen molar-refractivity contribution in [3.05, 3.63) is 34.1 Å². The number of rotatable bonds is 11. The van der Waals surface area contributed by atoms with Crippen LogP contribution in [0.3, 0.4) is 0 Å². The number of fused-ring (bicyclic) bond motifs is 10. The van der Waals surface area contributed by atoms with Crippen LogP contribution in [0.25, 0.3) is 0 Å². The molecule has 0 spiro atoms. The Hall–Kier alpha value is -4.57. The molecule has 0 aliphatic carbocycles. The van der Waals surface area contributed by atoms with E-state index in [2.05, 4.69) is 23.4 Å². The fourth-order valence-corrected chi connectivity index (χ4v) is 15.6. The van der Waals surface area contributed by atoms with Gasteiger partial charge >= 0.3 is 28.0 Å². The highest BCUT2D eigenvalue weighted by molar-refractivity contribution is 5.89. The summed E-state index contributed by atoms with van der Waals surface area (Å²) in [7, 11) is 7.48. The van der Waals surface area contributed by atoms with Gasteiger partial charge in [0, 0.05) is 48.5 Å². The Bertz CT molecular complexity index is 2770. The van der Waals surface area contributed by atoms with Gasteiger partial charge in [0.2, 0.25) is 0 Å². The van der Waals surface area contributed by atoms with E-state index in [9.17, 15) is 60.1 Å². The highest BCUT2D eigenvalue weighted by Crippen LogP contribution is 2.44. The molecule has 0 amide bonds. The molecule has 556 valence electrons. The van der Waals surface area contributed by atoms with Crippen molar-refractivity contribution in [2.75, 3.05) is 54.6 Å². The lowest BCUT2D eigenvalue weighted by Crippen LogP contribution is -2.61. The summed E-state index contributed by atoms with van der Waals surface area (Å²) < 4.78 is 69.5. The topological polar surface area (TPSA) is 366 Å². The summed E-state index contributed by atoms with van der Waals surface area (Å²) in [4.78, 5) is 67.7. The number of cyclic esters (lactones) is 2. The SMILES string of the molecule is C=C1CO[C@@H]2[C@@H](C)/C(=N/[N+](=O)O)[C@H](C)C[C@@](C)(OC1)[C@H](O[C@@H]1O[C@H](C)C[C@H](N(C)C)[C@H]1O)[C@@H](C)[C@H](O)[C@@H](C)C(=O)O[C@H](CC)[C@@]2(C)O.C=C1CO[C@@H]2[C@@H](C)/C(=N/[N+](=O)O)[C@H](C)C[C@@](C)(OC1)[C@H](O[C@@H]1O[C@H](C)C[C@H](N(C)C)[C@H]1OC(C)=O)[C@@H](C)[C@H](O)[C@@H](C)C(=O)O[C@H](CC)[C@@]2(C)O. The van der Waals surface area contributed by atoms with Crippen molar-refractivity contribution in [2.45, 2.75) is 277 Å². The Balaban J connectivity index is 0.000000351. The smallest absolute Gasteiger partial charge is 0.387 e. The van der Waals surface area contributed by atoms with Gasteiger partial charge < -0.3 is 87.4 Å². The van der Waals surface area contributed by atoms with Crippen molar-refractivity contribution in [1.82, 2.24) is 9.80 Å². The van der Waals surface area contributed by atoms with Crippen molar-refractivity contribution in [3.63, 3.8) is 0 Å². The molecule has 0 aromatic carbocycles. The number of esters is 3. The molecule has 7 N–H and O–H groups in total. The van der Waals surface area contributed by atoms with Gasteiger partial charge in [0.25, 0.3) is 0 Å². The third-order valence-corrected chi connectivity index (χ3v) is 20.9. The monoisotopic (exact) mass is 1390 g/mol. The minimum Gasteiger partial charge on any atom is -0.459 e. The highest BCUT2D eigenvalue weighted by Gasteiger charge is 2.57. The van der Waals surface area contributed by atoms with Crippen molar-refractivity contribution < 1.29 is 113 Å². The van der Waals surface area contributed by atoms with E-state index < -0.39 is 171 Å². The van der Waals surface area contributed by atoms with Crippen LogP contribution in [0.1, 0.15) is 156 Å². The van der Waals surface area contributed by atoms with Crippen LogP contribution >= 0.6 is 0 Å². The zero-order valence-corrected chi connectivity index (χ0v) is 61.2. The van der Waals surface area contributed by atoms with Gasteiger partial charge in [-0.2, -0.15) is 0 Å². The summed E-state index contributed by atoms with van der Waals surface area (Å²) in [5, 5.41) is 85.6. The lowest BCUT2D eigenvalue weighted by Gasteiger charge is -2.49. The zero-order chi connectivity index (χ0) is 73.5. The Labute approximate surface area is 572 Å². The average Bonchev–Trinajstić information content (AvgIpc) is 1.70. The number of aliphatic hydroxyl groups excluding tert-OH is 3. The molecule has 29 heteroatoms. The molecule has 0 aromatic rings. The number of likely N-dealkylation sites (N-methyl/N-ethyl adjacent to an activating group) is 2. The van der Waals surface area contributed by atoms with Gasteiger partial charge in [0.1, 0.15) is 50.8 Å². The van der Waals surface area contributed by atoms with Gasteiger partial charge in [0.15, 0.2) is 18.7 Å². The van der Waals surface area contributed by atoms with E-state index in [4.69, 9.17) is 52.1 Å². The zero-order valence-electron chi connectivity index (χ0n) is 61.2. The van der Waals surface area contributed by atoms with Gasteiger partial charge in [-0.3, -0.25) is 14.4 Å². The molecular weight excluding hydrogens is 1270 g/mol. The summed E-state index contributed by atoms with van der Waals surface area (Å²) in [5.41, 5.74) is -4.81. The highest BCUT2D eigenvalue weighted by atomic mass is 16.7. The van der Waals surface area contributed by atoms with Crippen molar-refractivity contribution >= 4 is 29.3 Å².